The summed E-state index contributed by atoms with van der Waals surface area (Å²) in [5, 5.41) is 0. The van der Waals surface area contributed by atoms with Gasteiger partial charge in [-0.25, -0.2) is 0 Å². The molecule has 2 aromatic carbocycles. The van der Waals surface area contributed by atoms with Crippen molar-refractivity contribution in [3.63, 3.8) is 0 Å². The average molecular weight is 284 g/mol. The van der Waals surface area contributed by atoms with Crippen molar-refractivity contribution in [1.29, 1.82) is 0 Å². The maximum absolute atomic E-state index is 2.36. The summed E-state index contributed by atoms with van der Waals surface area (Å²) in [7, 11) is 0. The molecule has 0 fully saturated rings. The van der Waals surface area contributed by atoms with Crippen LogP contribution in [0, 0.1) is 5.41 Å². The number of benzene rings is 2. The van der Waals surface area contributed by atoms with Gasteiger partial charge in [-0.05, 0) is 39.8 Å². The molecule has 2 aliphatic carbocycles. The molecule has 0 heteroatoms. The van der Waals surface area contributed by atoms with E-state index >= 15 is 0 Å². The molecule has 0 N–H and O–H groups in total. The van der Waals surface area contributed by atoms with Crippen LogP contribution in [0.2, 0.25) is 0 Å². The first-order valence-electron chi connectivity index (χ1n) is 7.93. The van der Waals surface area contributed by atoms with Gasteiger partial charge in [-0.2, -0.15) is 0 Å². The lowest BCUT2D eigenvalue weighted by Crippen LogP contribution is -2.00. The quantitative estimate of drug-likeness (QED) is 0.530. The van der Waals surface area contributed by atoms with Crippen molar-refractivity contribution in [1.82, 2.24) is 0 Å². The van der Waals surface area contributed by atoms with E-state index in [1.165, 1.54) is 33.4 Å². The summed E-state index contributed by atoms with van der Waals surface area (Å²) < 4.78 is 0. The molecule has 0 nitrogen and oxygen atoms in total. The van der Waals surface area contributed by atoms with Crippen molar-refractivity contribution < 1.29 is 0 Å². The van der Waals surface area contributed by atoms with E-state index in [0.717, 1.165) is 6.42 Å². The molecule has 4 rings (SSSR count). The molecule has 0 aromatic heterocycles. The molecule has 0 atom stereocenters. The SMILES string of the molecule is CC1(C)C=CC=C(c2ccc3c(c2)Cc2ccccc2-3)C=C1. The molecule has 0 aliphatic heterocycles. The van der Waals surface area contributed by atoms with Gasteiger partial charge in [-0.3, -0.25) is 0 Å². The van der Waals surface area contributed by atoms with Gasteiger partial charge in [0.05, 0.1) is 0 Å². The van der Waals surface area contributed by atoms with E-state index in [9.17, 15) is 0 Å². The molecule has 2 aliphatic rings. The summed E-state index contributed by atoms with van der Waals surface area (Å²) in [5.74, 6) is 0. The van der Waals surface area contributed by atoms with Gasteiger partial charge in [-0.1, -0.05) is 86.7 Å². The Hall–Kier alpha value is -2.34. The Balaban J connectivity index is 1.74. The Morgan fingerprint density at radius 3 is 2.59 bits per heavy atom. The predicted molar refractivity (Wildman–Crippen MR) is 94.7 cm³/mol. The monoisotopic (exact) mass is 284 g/mol. The van der Waals surface area contributed by atoms with Crippen LogP contribution in [0.5, 0.6) is 0 Å². The Kier molecular flexibility index (Phi) is 2.94. The topological polar surface area (TPSA) is 0 Å². The number of rotatable bonds is 1. The van der Waals surface area contributed by atoms with Crippen LogP contribution in [0.15, 0.2) is 72.8 Å². The predicted octanol–water partition coefficient (Wildman–Crippen LogP) is 5.79. The van der Waals surface area contributed by atoms with Crippen molar-refractivity contribution in [3.05, 3.63) is 89.5 Å². The van der Waals surface area contributed by atoms with Crippen LogP contribution in [0.25, 0.3) is 16.7 Å². The van der Waals surface area contributed by atoms with Crippen molar-refractivity contribution in [3.8, 4) is 11.1 Å². The zero-order valence-corrected chi connectivity index (χ0v) is 13.1. The van der Waals surface area contributed by atoms with E-state index in [4.69, 9.17) is 0 Å². The lowest BCUT2D eigenvalue weighted by Gasteiger charge is -2.12. The molecule has 0 heterocycles. The first-order chi connectivity index (χ1) is 10.6. The van der Waals surface area contributed by atoms with Crippen molar-refractivity contribution >= 4 is 5.57 Å². The second-order valence-electron chi connectivity index (χ2n) is 6.84. The highest BCUT2D eigenvalue weighted by molar-refractivity contribution is 5.82. The van der Waals surface area contributed by atoms with E-state index < -0.39 is 0 Å². The van der Waals surface area contributed by atoms with Gasteiger partial charge in [0.2, 0.25) is 0 Å². The lowest BCUT2D eigenvalue weighted by atomic mass is 9.92. The number of fused-ring (bicyclic) bond motifs is 3. The van der Waals surface area contributed by atoms with Gasteiger partial charge < -0.3 is 0 Å². The third-order valence-electron chi connectivity index (χ3n) is 4.62. The fraction of sp³-hybridized carbons (Fsp3) is 0.182. The number of hydrogen-bond donors (Lipinski definition) is 0. The minimum absolute atomic E-state index is 0.130. The highest BCUT2D eigenvalue weighted by Crippen LogP contribution is 2.38. The third kappa shape index (κ3) is 2.25. The molecule has 0 radical (unpaired) electrons. The second kappa shape index (κ2) is 4.84. The minimum atomic E-state index is 0.130. The summed E-state index contributed by atoms with van der Waals surface area (Å²) in [4.78, 5) is 0. The Labute approximate surface area is 132 Å². The Bertz CT molecular complexity index is 829. The molecule has 108 valence electrons. The molecule has 0 amide bonds. The van der Waals surface area contributed by atoms with E-state index in [2.05, 4.69) is 86.7 Å². The lowest BCUT2D eigenvalue weighted by molar-refractivity contribution is 0.627. The van der Waals surface area contributed by atoms with Crippen LogP contribution in [0.3, 0.4) is 0 Å². The fourth-order valence-electron chi connectivity index (χ4n) is 3.33. The van der Waals surface area contributed by atoms with E-state index in [-0.39, 0.29) is 5.41 Å². The standard InChI is InChI=1S/C22H20/c1-22(2)12-5-7-16(11-13-22)17-9-10-21-19(14-17)15-18-6-3-4-8-20(18)21/h3-14H,15H2,1-2H3. The highest BCUT2D eigenvalue weighted by Gasteiger charge is 2.18. The molecule has 0 saturated carbocycles. The Morgan fingerprint density at radius 2 is 1.68 bits per heavy atom. The highest BCUT2D eigenvalue weighted by atomic mass is 14.2. The molecule has 0 bridgehead atoms. The molecular formula is C22H20. The molecule has 2 aromatic rings. The Morgan fingerprint density at radius 1 is 0.864 bits per heavy atom. The van der Waals surface area contributed by atoms with Crippen LogP contribution in [-0.4, -0.2) is 0 Å². The molecule has 0 unspecified atom stereocenters. The van der Waals surface area contributed by atoms with Gasteiger partial charge in [0.1, 0.15) is 0 Å². The summed E-state index contributed by atoms with van der Waals surface area (Å²) in [5.41, 5.74) is 8.42. The van der Waals surface area contributed by atoms with Crippen LogP contribution >= 0.6 is 0 Å². The van der Waals surface area contributed by atoms with E-state index in [0.29, 0.717) is 0 Å². The van der Waals surface area contributed by atoms with Crippen LogP contribution in [0.4, 0.5) is 0 Å². The molecule has 0 saturated heterocycles. The van der Waals surface area contributed by atoms with Crippen molar-refractivity contribution in [2.24, 2.45) is 5.41 Å². The first-order valence-corrected chi connectivity index (χ1v) is 7.93. The summed E-state index contributed by atoms with van der Waals surface area (Å²) >= 11 is 0. The van der Waals surface area contributed by atoms with Crippen molar-refractivity contribution in [2.75, 3.05) is 0 Å². The zero-order valence-electron chi connectivity index (χ0n) is 13.1. The third-order valence-corrected chi connectivity index (χ3v) is 4.62. The first kappa shape index (κ1) is 13.3. The molecule has 22 heavy (non-hydrogen) atoms. The summed E-state index contributed by atoms with van der Waals surface area (Å²) in [6.07, 6.45) is 12.2. The van der Waals surface area contributed by atoms with Crippen LogP contribution in [0.1, 0.15) is 30.5 Å². The summed E-state index contributed by atoms with van der Waals surface area (Å²) in [6.45, 7) is 4.46. The smallest absolute Gasteiger partial charge is 0.00109 e. The molecular weight excluding hydrogens is 264 g/mol. The maximum atomic E-state index is 2.36. The average Bonchev–Trinajstić information content (AvgIpc) is 2.77. The van der Waals surface area contributed by atoms with Crippen LogP contribution in [-0.2, 0) is 6.42 Å². The second-order valence-corrected chi connectivity index (χ2v) is 6.84. The van der Waals surface area contributed by atoms with E-state index in [1.54, 1.807) is 0 Å². The number of hydrogen-bond acceptors (Lipinski definition) is 0. The van der Waals surface area contributed by atoms with Gasteiger partial charge in [0.15, 0.2) is 0 Å². The van der Waals surface area contributed by atoms with Gasteiger partial charge in [0.25, 0.3) is 0 Å². The largest absolute Gasteiger partial charge is 0.0751 e. The normalized spacial score (nSPS) is 17.6. The summed E-state index contributed by atoms with van der Waals surface area (Å²) in [6, 6.07) is 15.6. The molecule has 0 spiro atoms. The van der Waals surface area contributed by atoms with Gasteiger partial charge in [0, 0.05) is 5.41 Å². The van der Waals surface area contributed by atoms with Crippen LogP contribution < -0.4 is 0 Å². The fourth-order valence-corrected chi connectivity index (χ4v) is 3.33. The zero-order chi connectivity index (χ0) is 15.2. The van der Waals surface area contributed by atoms with Gasteiger partial charge in [-0.15, -0.1) is 0 Å². The minimum Gasteiger partial charge on any atom is -0.0751 e. The number of allylic oxidation sites excluding steroid dienone is 6. The van der Waals surface area contributed by atoms with Crippen molar-refractivity contribution in [2.45, 2.75) is 20.3 Å². The maximum Gasteiger partial charge on any atom is 0.00109 e. The van der Waals surface area contributed by atoms with E-state index in [1.807, 2.05) is 0 Å². The van der Waals surface area contributed by atoms with Gasteiger partial charge >= 0.3 is 0 Å².